The van der Waals surface area contributed by atoms with Crippen molar-refractivity contribution in [1.82, 2.24) is 34.5 Å². The molecular formula is C10H9N9S. The Balaban J connectivity index is 1.96. The van der Waals surface area contributed by atoms with Crippen LogP contribution in [-0.2, 0) is 0 Å². The highest BCUT2D eigenvalue weighted by Gasteiger charge is 2.09. The van der Waals surface area contributed by atoms with Gasteiger partial charge in [0, 0.05) is 24.8 Å². The molecule has 0 unspecified atom stereocenters. The van der Waals surface area contributed by atoms with Crippen LogP contribution in [-0.4, -0.2) is 34.5 Å². The number of imidazole rings is 1. The monoisotopic (exact) mass is 287 g/mol. The average molecular weight is 287 g/mol. The average Bonchev–Trinajstić information content (AvgIpc) is 3.02. The number of hydrogen-bond acceptors (Lipinski definition) is 9. The van der Waals surface area contributed by atoms with Crippen LogP contribution in [0.5, 0.6) is 0 Å². The number of nitrogens with two attached hydrogens (primary N) is 1. The summed E-state index contributed by atoms with van der Waals surface area (Å²) in [5.74, 6) is 6.04. The van der Waals surface area contributed by atoms with Gasteiger partial charge in [-0.2, -0.15) is 15.0 Å². The molecule has 3 heterocycles. The van der Waals surface area contributed by atoms with Crippen molar-refractivity contribution in [2.45, 2.75) is 10.2 Å². The molecule has 3 N–H and O–H groups in total. The summed E-state index contributed by atoms with van der Waals surface area (Å²) >= 11 is 1.26. The van der Waals surface area contributed by atoms with Gasteiger partial charge >= 0.3 is 0 Å². The van der Waals surface area contributed by atoms with Crippen molar-refractivity contribution in [1.29, 1.82) is 0 Å². The van der Waals surface area contributed by atoms with Crippen LogP contribution in [0.4, 0.5) is 5.95 Å². The van der Waals surface area contributed by atoms with Crippen LogP contribution in [0.1, 0.15) is 0 Å². The van der Waals surface area contributed by atoms with Crippen LogP contribution in [0.25, 0.3) is 5.95 Å². The third-order valence-corrected chi connectivity index (χ3v) is 2.99. The first-order valence-corrected chi connectivity index (χ1v) is 6.32. The van der Waals surface area contributed by atoms with Crippen molar-refractivity contribution in [3.05, 3.63) is 37.3 Å². The predicted octanol–water partition coefficient (Wildman–Crippen LogP) is 0.284. The highest BCUT2D eigenvalue weighted by Crippen LogP contribution is 2.22. The number of anilines is 1. The number of aromatic nitrogens is 7. The van der Waals surface area contributed by atoms with Crippen molar-refractivity contribution < 1.29 is 0 Å². The standard InChI is InChI=1S/C10H9N9S/c11-18-8-15-9(19-4-3-13-6-19)17-10(16-8)20-7-5-12-1-2-14-7/h1-6H,11H2,(H,15,16,17,18). The lowest BCUT2D eigenvalue weighted by molar-refractivity contribution is 0.823. The lowest BCUT2D eigenvalue weighted by Crippen LogP contribution is -2.13. The molecule has 0 fully saturated rings. The minimum Gasteiger partial charge on any atom is -0.292 e. The fourth-order valence-electron chi connectivity index (χ4n) is 1.38. The van der Waals surface area contributed by atoms with Gasteiger partial charge in [0.15, 0.2) is 0 Å². The van der Waals surface area contributed by atoms with Crippen molar-refractivity contribution in [3.8, 4) is 5.95 Å². The topological polar surface area (TPSA) is 120 Å². The molecule has 100 valence electrons. The van der Waals surface area contributed by atoms with E-state index in [-0.39, 0.29) is 5.95 Å². The zero-order valence-corrected chi connectivity index (χ0v) is 10.9. The van der Waals surface area contributed by atoms with E-state index in [0.29, 0.717) is 16.1 Å². The number of nitrogens with one attached hydrogen (secondary N) is 1. The van der Waals surface area contributed by atoms with Gasteiger partial charge in [-0.15, -0.1) is 0 Å². The summed E-state index contributed by atoms with van der Waals surface area (Å²) in [6.45, 7) is 0. The largest absolute Gasteiger partial charge is 0.292 e. The molecular weight excluding hydrogens is 278 g/mol. The highest BCUT2D eigenvalue weighted by atomic mass is 32.2. The molecule has 0 aliphatic carbocycles. The van der Waals surface area contributed by atoms with Gasteiger partial charge in [0.1, 0.15) is 11.4 Å². The number of hydrogen-bond donors (Lipinski definition) is 2. The molecule has 0 radical (unpaired) electrons. The van der Waals surface area contributed by atoms with E-state index in [4.69, 9.17) is 5.84 Å². The molecule has 0 spiro atoms. The molecule has 3 rings (SSSR count). The van der Waals surface area contributed by atoms with Gasteiger partial charge in [-0.3, -0.25) is 15.0 Å². The highest BCUT2D eigenvalue weighted by molar-refractivity contribution is 7.99. The molecule has 3 aromatic heterocycles. The number of rotatable bonds is 4. The molecule has 0 aliphatic rings. The van der Waals surface area contributed by atoms with Crippen molar-refractivity contribution in [2.24, 2.45) is 5.84 Å². The van der Waals surface area contributed by atoms with Gasteiger partial charge < -0.3 is 0 Å². The summed E-state index contributed by atoms with van der Waals surface area (Å²) in [7, 11) is 0. The summed E-state index contributed by atoms with van der Waals surface area (Å²) in [5.41, 5.74) is 2.41. The van der Waals surface area contributed by atoms with Gasteiger partial charge in [0.05, 0.1) is 6.20 Å². The molecule has 0 saturated carbocycles. The lowest BCUT2D eigenvalue weighted by atomic mass is 10.8. The molecule has 0 saturated heterocycles. The normalized spacial score (nSPS) is 10.4. The zero-order valence-electron chi connectivity index (χ0n) is 10.1. The van der Waals surface area contributed by atoms with E-state index in [2.05, 4.69) is 35.3 Å². The summed E-state index contributed by atoms with van der Waals surface area (Å²) in [4.78, 5) is 24.7. The van der Waals surface area contributed by atoms with Crippen LogP contribution >= 0.6 is 11.8 Å². The van der Waals surface area contributed by atoms with Crippen molar-refractivity contribution in [3.63, 3.8) is 0 Å². The second-order valence-corrected chi connectivity index (χ2v) is 4.49. The fraction of sp³-hybridized carbons (Fsp3) is 0. The Bertz CT molecular complexity index is 685. The molecule has 10 heteroatoms. The SMILES string of the molecule is NNc1nc(Sc2cnccn2)nc(-n2ccnc2)n1. The van der Waals surface area contributed by atoms with E-state index in [1.165, 1.54) is 11.8 Å². The third-order valence-electron chi connectivity index (χ3n) is 2.20. The smallest absolute Gasteiger partial charge is 0.242 e. The molecule has 3 aromatic rings. The van der Waals surface area contributed by atoms with Crippen molar-refractivity contribution >= 4 is 17.7 Å². The third kappa shape index (κ3) is 2.70. The molecule has 0 aliphatic heterocycles. The van der Waals surface area contributed by atoms with Gasteiger partial charge in [0.2, 0.25) is 17.1 Å². The minimum atomic E-state index is 0.259. The molecule has 0 aromatic carbocycles. The predicted molar refractivity (Wildman–Crippen MR) is 70.9 cm³/mol. The Hall–Kier alpha value is -2.59. The van der Waals surface area contributed by atoms with E-state index >= 15 is 0 Å². The Labute approximate surface area is 117 Å². The van der Waals surface area contributed by atoms with Gasteiger partial charge in [-0.1, -0.05) is 0 Å². The van der Waals surface area contributed by atoms with E-state index in [9.17, 15) is 0 Å². The molecule has 9 nitrogen and oxygen atoms in total. The van der Waals surface area contributed by atoms with E-state index in [1.54, 1.807) is 41.9 Å². The second-order valence-electron chi connectivity index (χ2n) is 3.50. The minimum absolute atomic E-state index is 0.259. The van der Waals surface area contributed by atoms with E-state index in [1.807, 2.05) is 0 Å². The Morgan fingerprint density at radius 3 is 2.75 bits per heavy atom. The first-order chi connectivity index (χ1) is 9.85. The number of nitrogens with zero attached hydrogens (tertiary/aromatic N) is 7. The summed E-state index contributed by atoms with van der Waals surface area (Å²) in [6.07, 6.45) is 9.78. The number of nitrogen functional groups attached to an aromatic ring is 1. The summed E-state index contributed by atoms with van der Waals surface area (Å²) in [5, 5.41) is 1.13. The second kappa shape index (κ2) is 5.59. The Kier molecular flexibility index (Phi) is 3.48. The van der Waals surface area contributed by atoms with Crippen molar-refractivity contribution in [2.75, 3.05) is 5.43 Å². The van der Waals surface area contributed by atoms with Gasteiger partial charge in [-0.25, -0.2) is 15.8 Å². The van der Waals surface area contributed by atoms with Crippen LogP contribution in [0.15, 0.2) is 47.5 Å². The number of hydrazine groups is 1. The molecule has 0 atom stereocenters. The fourth-order valence-corrected chi connectivity index (χ4v) is 2.05. The maximum atomic E-state index is 5.37. The van der Waals surface area contributed by atoms with Crippen LogP contribution in [0.2, 0.25) is 0 Å². The van der Waals surface area contributed by atoms with Gasteiger partial charge in [-0.05, 0) is 11.8 Å². The maximum absolute atomic E-state index is 5.37. The molecule has 0 amide bonds. The van der Waals surface area contributed by atoms with E-state index < -0.39 is 0 Å². The Morgan fingerprint density at radius 2 is 2.05 bits per heavy atom. The zero-order chi connectivity index (χ0) is 13.8. The first-order valence-electron chi connectivity index (χ1n) is 5.50. The van der Waals surface area contributed by atoms with Gasteiger partial charge in [0.25, 0.3) is 0 Å². The Morgan fingerprint density at radius 1 is 1.10 bits per heavy atom. The lowest BCUT2D eigenvalue weighted by Gasteiger charge is -2.05. The molecule has 0 bridgehead atoms. The van der Waals surface area contributed by atoms with Crippen LogP contribution in [0.3, 0.4) is 0 Å². The van der Waals surface area contributed by atoms with Crippen LogP contribution in [0, 0.1) is 0 Å². The summed E-state index contributed by atoms with van der Waals surface area (Å²) in [6, 6.07) is 0. The van der Waals surface area contributed by atoms with E-state index in [0.717, 1.165) is 0 Å². The first kappa shape index (κ1) is 12.4. The summed E-state index contributed by atoms with van der Waals surface area (Å²) < 4.78 is 1.66. The maximum Gasteiger partial charge on any atom is 0.242 e. The quantitative estimate of drug-likeness (QED) is 0.515. The van der Waals surface area contributed by atoms with Crippen LogP contribution < -0.4 is 11.3 Å². The molecule has 20 heavy (non-hydrogen) atoms.